The number of terminal acetylenes is 1. The van der Waals surface area contributed by atoms with Crippen molar-refractivity contribution >= 4 is 0 Å². The molecule has 1 rings (SSSR count). The third-order valence-corrected chi connectivity index (χ3v) is 1.84. The summed E-state index contributed by atoms with van der Waals surface area (Å²) in [5.74, 6) is 2.48. The van der Waals surface area contributed by atoms with Crippen LogP contribution in [0.1, 0.15) is 11.6 Å². The quantitative estimate of drug-likeness (QED) is 0.668. The highest BCUT2D eigenvalue weighted by Crippen LogP contribution is 2.10. The molecule has 0 amide bonds. The van der Waals surface area contributed by atoms with E-state index in [4.69, 9.17) is 11.5 Å². The summed E-state index contributed by atoms with van der Waals surface area (Å²) < 4.78 is 0. The summed E-state index contributed by atoms with van der Waals surface area (Å²) in [5, 5.41) is 12.1. The molecule has 0 fully saturated rings. The fraction of sp³-hybridized carbons (Fsp3) is 0.273. The predicted octanol–water partition coefficient (Wildman–Crippen LogP) is 0.943. The van der Waals surface area contributed by atoms with Crippen LogP contribution in [0.3, 0.4) is 0 Å². The van der Waals surface area contributed by atoms with Crippen molar-refractivity contribution in [3.63, 3.8) is 0 Å². The average Bonchev–Trinajstić information content (AvgIpc) is 2.21. The van der Waals surface area contributed by atoms with Crippen LogP contribution in [0.4, 0.5) is 0 Å². The van der Waals surface area contributed by atoms with Gasteiger partial charge in [-0.2, -0.15) is 0 Å². The van der Waals surface area contributed by atoms with E-state index in [-0.39, 0.29) is 12.6 Å². The van der Waals surface area contributed by atoms with E-state index >= 15 is 0 Å². The number of hydrogen-bond donors (Lipinski definition) is 2. The SMILES string of the molecule is C#CCN[C@H](CO)c1ccccc1. The third-order valence-electron chi connectivity index (χ3n) is 1.84. The second-order valence-corrected chi connectivity index (χ2v) is 2.73. The highest BCUT2D eigenvalue weighted by molar-refractivity contribution is 5.19. The van der Waals surface area contributed by atoms with Gasteiger partial charge in [0.05, 0.1) is 19.2 Å². The monoisotopic (exact) mass is 175 g/mol. The van der Waals surface area contributed by atoms with Crippen molar-refractivity contribution in [2.24, 2.45) is 0 Å². The molecule has 0 aliphatic heterocycles. The van der Waals surface area contributed by atoms with Crippen molar-refractivity contribution in [1.29, 1.82) is 0 Å². The zero-order valence-electron chi connectivity index (χ0n) is 7.40. The highest BCUT2D eigenvalue weighted by atomic mass is 16.3. The number of benzene rings is 1. The van der Waals surface area contributed by atoms with E-state index in [1.807, 2.05) is 30.3 Å². The van der Waals surface area contributed by atoms with Gasteiger partial charge < -0.3 is 5.11 Å². The molecule has 2 N–H and O–H groups in total. The predicted molar refractivity (Wildman–Crippen MR) is 53.1 cm³/mol. The summed E-state index contributed by atoms with van der Waals surface area (Å²) in [6, 6.07) is 9.69. The van der Waals surface area contributed by atoms with Crippen LogP contribution in [0.25, 0.3) is 0 Å². The Bertz CT molecular complexity index is 276. The Morgan fingerprint density at radius 1 is 1.38 bits per heavy atom. The molecule has 0 bridgehead atoms. The smallest absolute Gasteiger partial charge is 0.0626 e. The van der Waals surface area contributed by atoms with Crippen molar-refractivity contribution in [2.75, 3.05) is 13.2 Å². The van der Waals surface area contributed by atoms with E-state index in [1.54, 1.807) is 0 Å². The number of hydrogen-bond acceptors (Lipinski definition) is 2. The Morgan fingerprint density at radius 2 is 2.08 bits per heavy atom. The number of nitrogens with one attached hydrogen (secondary N) is 1. The normalized spacial score (nSPS) is 12.0. The minimum absolute atomic E-state index is 0.0581. The zero-order chi connectivity index (χ0) is 9.52. The maximum Gasteiger partial charge on any atom is 0.0626 e. The zero-order valence-corrected chi connectivity index (χ0v) is 7.40. The summed E-state index contributed by atoms with van der Waals surface area (Å²) in [5.41, 5.74) is 1.06. The molecule has 0 aromatic heterocycles. The third kappa shape index (κ3) is 2.90. The van der Waals surface area contributed by atoms with Crippen LogP contribution in [0.5, 0.6) is 0 Å². The largest absolute Gasteiger partial charge is 0.394 e. The van der Waals surface area contributed by atoms with Crippen molar-refractivity contribution in [3.05, 3.63) is 35.9 Å². The molecule has 0 saturated carbocycles. The van der Waals surface area contributed by atoms with Crippen molar-refractivity contribution < 1.29 is 5.11 Å². The van der Waals surface area contributed by atoms with Gasteiger partial charge >= 0.3 is 0 Å². The molecular formula is C11H13NO. The van der Waals surface area contributed by atoms with E-state index in [9.17, 15) is 0 Å². The lowest BCUT2D eigenvalue weighted by molar-refractivity contribution is 0.248. The Morgan fingerprint density at radius 3 is 2.62 bits per heavy atom. The molecular weight excluding hydrogens is 162 g/mol. The van der Waals surface area contributed by atoms with Gasteiger partial charge in [-0.05, 0) is 5.56 Å². The van der Waals surface area contributed by atoms with E-state index < -0.39 is 0 Å². The van der Waals surface area contributed by atoms with E-state index in [1.165, 1.54) is 0 Å². The van der Waals surface area contributed by atoms with Crippen LogP contribution in [-0.2, 0) is 0 Å². The molecule has 1 aromatic rings. The fourth-order valence-corrected chi connectivity index (χ4v) is 1.16. The van der Waals surface area contributed by atoms with Crippen LogP contribution < -0.4 is 5.32 Å². The van der Waals surface area contributed by atoms with Gasteiger partial charge in [0.15, 0.2) is 0 Å². The van der Waals surface area contributed by atoms with Gasteiger partial charge in [0.1, 0.15) is 0 Å². The van der Waals surface area contributed by atoms with Crippen LogP contribution in [-0.4, -0.2) is 18.3 Å². The highest BCUT2D eigenvalue weighted by Gasteiger charge is 2.06. The Kier molecular flexibility index (Phi) is 4.04. The summed E-state index contributed by atoms with van der Waals surface area (Å²) in [7, 11) is 0. The first-order valence-corrected chi connectivity index (χ1v) is 4.21. The van der Waals surface area contributed by atoms with Crippen molar-refractivity contribution in [2.45, 2.75) is 6.04 Å². The first kappa shape index (κ1) is 9.79. The molecule has 13 heavy (non-hydrogen) atoms. The molecule has 0 aliphatic carbocycles. The second kappa shape index (κ2) is 5.36. The molecule has 1 atom stereocenters. The lowest BCUT2D eigenvalue weighted by Gasteiger charge is -2.14. The van der Waals surface area contributed by atoms with Gasteiger partial charge in [0.2, 0.25) is 0 Å². The molecule has 0 aliphatic rings. The fourth-order valence-electron chi connectivity index (χ4n) is 1.16. The molecule has 2 nitrogen and oxygen atoms in total. The first-order valence-electron chi connectivity index (χ1n) is 4.21. The van der Waals surface area contributed by atoms with Gasteiger partial charge in [-0.1, -0.05) is 36.3 Å². The number of rotatable bonds is 4. The maximum atomic E-state index is 9.07. The maximum absolute atomic E-state index is 9.07. The molecule has 0 heterocycles. The molecule has 0 unspecified atom stereocenters. The minimum atomic E-state index is -0.0581. The topological polar surface area (TPSA) is 32.3 Å². The number of aliphatic hydroxyl groups is 1. The van der Waals surface area contributed by atoms with Gasteiger partial charge in [-0.15, -0.1) is 6.42 Å². The molecule has 1 aromatic carbocycles. The second-order valence-electron chi connectivity index (χ2n) is 2.73. The molecule has 0 radical (unpaired) electrons. The lowest BCUT2D eigenvalue weighted by atomic mass is 10.1. The Labute approximate surface area is 78.6 Å². The Hall–Kier alpha value is -1.30. The molecule has 0 spiro atoms. The first-order chi connectivity index (χ1) is 6.38. The lowest BCUT2D eigenvalue weighted by Crippen LogP contribution is -2.24. The van der Waals surface area contributed by atoms with Crippen molar-refractivity contribution in [1.82, 2.24) is 5.32 Å². The van der Waals surface area contributed by atoms with Gasteiger partial charge in [-0.3, -0.25) is 5.32 Å². The number of aliphatic hydroxyl groups excluding tert-OH is 1. The van der Waals surface area contributed by atoms with Crippen LogP contribution in [0.15, 0.2) is 30.3 Å². The van der Waals surface area contributed by atoms with Crippen molar-refractivity contribution in [3.8, 4) is 12.3 Å². The van der Waals surface area contributed by atoms with E-state index in [0.29, 0.717) is 6.54 Å². The van der Waals surface area contributed by atoms with E-state index in [2.05, 4.69) is 11.2 Å². The summed E-state index contributed by atoms with van der Waals surface area (Å²) >= 11 is 0. The summed E-state index contributed by atoms with van der Waals surface area (Å²) in [4.78, 5) is 0. The van der Waals surface area contributed by atoms with E-state index in [0.717, 1.165) is 5.56 Å². The van der Waals surface area contributed by atoms with Gasteiger partial charge in [0, 0.05) is 0 Å². The van der Waals surface area contributed by atoms with Crippen LogP contribution in [0, 0.1) is 12.3 Å². The summed E-state index contributed by atoms with van der Waals surface area (Å²) in [6.07, 6.45) is 5.12. The van der Waals surface area contributed by atoms with Crippen LogP contribution >= 0.6 is 0 Å². The Balaban J connectivity index is 2.63. The van der Waals surface area contributed by atoms with Gasteiger partial charge in [0.25, 0.3) is 0 Å². The standard InChI is InChI=1S/C11H13NO/c1-2-8-12-11(9-13)10-6-4-3-5-7-10/h1,3-7,11-13H,8-9H2/t11-/m1/s1. The summed E-state index contributed by atoms with van der Waals surface area (Å²) in [6.45, 7) is 0.534. The molecule has 0 saturated heterocycles. The van der Waals surface area contributed by atoms with Crippen LogP contribution in [0.2, 0.25) is 0 Å². The minimum Gasteiger partial charge on any atom is -0.394 e. The molecule has 2 heteroatoms. The van der Waals surface area contributed by atoms with Gasteiger partial charge in [-0.25, -0.2) is 0 Å². The average molecular weight is 175 g/mol. The molecule has 68 valence electrons.